The van der Waals surface area contributed by atoms with Crippen LogP contribution >= 0.6 is 27.5 Å². The van der Waals surface area contributed by atoms with Gasteiger partial charge in [0.15, 0.2) is 0 Å². The normalized spacial score (nSPS) is 13.1. The molecule has 0 aliphatic carbocycles. The minimum atomic E-state index is 0.352. The van der Waals surface area contributed by atoms with Crippen molar-refractivity contribution in [2.24, 2.45) is 5.92 Å². The van der Waals surface area contributed by atoms with Crippen LogP contribution in [0.15, 0.2) is 22.9 Å². The lowest BCUT2D eigenvalue weighted by molar-refractivity contribution is 0.430. The van der Waals surface area contributed by atoms with Crippen LogP contribution in [0, 0.1) is 5.92 Å². The Hall–Kier alpha value is -0.120. The van der Waals surface area contributed by atoms with E-state index in [9.17, 15) is 0 Å². The van der Waals surface area contributed by atoms with Crippen molar-refractivity contribution in [3.05, 3.63) is 28.5 Å². The molecule has 0 radical (unpaired) electrons. The fourth-order valence-corrected chi connectivity index (χ4v) is 2.15. The summed E-state index contributed by atoms with van der Waals surface area (Å²) >= 11 is 9.27. The predicted molar refractivity (Wildman–Crippen MR) is 68.1 cm³/mol. The van der Waals surface area contributed by atoms with Crippen LogP contribution in [0.3, 0.4) is 0 Å². The van der Waals surface area contributed by atoms with Gasteiger partial charge in [-0.15, -0.1) is 11.6 Å². The topological polar surface area (TPSA) is 24.9 Å². The fraction of sp³-hybridized carbons (Fsp3) is 0.545. The van der Waals surface area contributed by atoms with E-state index in [-0.39, 0.29) is 0 Å². The van der Waals surface area contributed by atoms with Crippen molar-refractivity contribution in [2.75, 3.05) is 5.88 Å². The first-order valence-corrected chi connectivity index (χ1v) is 6.35. The lowest BCUT2D eigenvalue weighted by atomic mass is 10.1. The molecule has 1 N–H and O–H groups in total. The molecule has 2 nitrogen and oxygen atoms in total. The van der Waals surface area contributed by atoms with Crippen molar-refractivity contribution in [1.82, 2.24) is 10.3 Å². The Morgan fingerprint density at radius 3 is 2.73 bits per heavy atom. The minimum Gasteiger partial charge on any atom is -0.308 e. The van der Waals surface area contributed by atoms with Crippen molar-refractivity contribution in [3.63, 3.8) is 0 Å². The fourth-order valence-electron chi connectivity index (χ4n) is 1.27. The zero-order valence-electron chi connectivity index (χ0n) is 9.00. The van der Waals surface area contributed by atoms with Gasteiger partial charge >= 0.3 is 0 Å². The third-order valence-corrected chi connectivity index (χ3v) is 3.07. The number of aromatic nitrogens is 1. The first-order chi connectivity index (χ1) is 7.13. The Kier molecular flexibility index (Phi) is 5.58. The van der Waals surface area contributed by atoms with E-state index in [4.69, 9.17) is 11.6 Å². The average Bonchev–Trinajstić information content (AvgIpc) is 2.18. The van der Waals surface area contributed by atoms with Gasteiger partial charge in [-0.3, -0.25) is 4.98 Å². The summed E-state index contributed by atoms with van der Waals surface area (Å²) in [6, 6.07) is 2.41. The molecule has 15 heavy (non-hydrogen) atoms. The molecule has 0 saturated heterocycles. The monoisotopic (exact) mass is 290 g/mol. The third kappa shape index (κ3) is 4.49. The first-order valence-electron chi connectivity index (χ1n) is 5.02. The maximum Gasteiger partial charge on any atom is 0.0410 e. The number of nitrogens with zero attached hydrogens (tertiary/aromatic N) is 1. The molecule has 0 spiro atoms. The lowest BCUT2D eigenvalue weighted by Gasteiger charge is -2.19. The number of rotatable bonds is 5. The molecule has 1 aromatic rings. The van der Waals surface area contributed by atoms with Crippen LogP contribution in [0.2, 0.25) is 0 Å². The molecule has 0 amide bonds. The van der Waals surface area contributed by atoms with Crippen LogP contribution < -0.4 is 5.32 Å². The van der Waals surface area contributed by atoms with Crippen LogP contribution in [0.1, 0.15) is 19.4 Å². The van der Waals surface area contributed by atoms with Gasteiger partial charge in [-0.05, 0) is 33.5 Å². The molecule has 1 atom stereocenters. The SMILES string of the molecule is CC(C)C(CCl)NCc1cncc(Br)c1. The second-order valence-corrected chi connectivity index (χ2v) is 5.12. The first kappa shape index (κ1) is 12.9. The number of nitrogens with one attached hydrogen (secondary N) is 1. The van der Waals surface area contributed by atoms with Gasteiger partial charge in [-0.2, -0.15) is 0 Å². The quantitative estimate of drug-likeness (QED) is 0.843. The summed E-state index contributed by atoms with van der Waals surface area (Å²) in [6.07, 6.45) is 3.65. The molecule has 0 bridgehead atoms. The van der Waals surface area contributed by atoms with E-state index in [1.165, 1.54) is 5.56 Å². The molecule has 0 aliphatic rings. The van der Waals surface area contributed by atoms with E-state index in [0.717, 1.165) is 11.0 Å². The molecule has 0 saturated carbocycles. The Balaban J connectivity index is 2.49. The Bertz CT molecular complexity index is 304. The van der Waals surface area contributed by atoms with Crippen molar-refractivity contribution in [1.29, 1.82) is 0 Å². The zero-order valence-corrected chi connectivity index (χ0v) is 11.3. The number of alkyl halides is 1. The van der Waals surface area contributed by atoms with E-state index in [0.29, 0.717) is 17.8 Å². The van der Waals surface area contributed by atoms with E-state index in [1.807, 2.05) is 6.20 Å². The summed E-state index contributed by atoms with van der Waals surface area (Å²) in [5.74, 6) is 1.18. The molecule has 1 aromatic heterocycles. The van der Waals surface area contributed by atoms with Crippen molar-refractivity contribution in [3.8, 4) is 0 Å². The zero-order chi connectivity index (χ0) is 11.3. The summed E-state index contributed by atoms with van der Waals surface area (Å²) in [7, 11) is 0. The highest BCUT2D eigenvalue weighted by molar-refractivity contribution is 9.10. The van der Waals surface area contributed by atoms with Crippen LogP contribution in [0.5, 0.6) is 0 Å². The Labute approximate surface area is 105 Å². The lowest BCUT2D eigenvalue weighted by Crippen LogP contribution is -2.34. The highest BCUT2D eigenvalue weighted by Crippen LogP contribution is 2.10. The summed E-state index contributed by atoms with van der Waals surface area (Å²) in [5, 5.41) is 3.42. The number of pyridine rings is 1. The van der Waals surface area contributed by atoms with Gasteiger partial charge in [-0.1, -0.05) is 13.8 Å². The smallest absolute Gasteiger partial charge is 0.0410 e. The van der Waals surface area contributed by atoms with Gasteiger partial charge in [0.1, 0.15) is 0 Å². The molecule has 1 heterocycles. The van der Waals surface area contributed by atoms with E-state index in [1.54, 1.807) is 6.20 Å². The standard InChI is InChI=1S/C11H16BrClN2/c1-8(2)11(4-13)15-6-9-3-10(12)7-14-5-9/h3,5,7-8,11,15H,4,6H2,1-2H3. The molecule has 0 aromatic carbocycles. The third-order valence-electron chi connectivity index (χ3n) is 2.30. The van der Waals surface area contributed by atoms with Gasteiger partial charge in [0.05, 0.1) is 0 Å². The molecule has 0 fully saturated rings. The summed E-state index contributed by atoms with van der Waals surface area (Å²) in [5.41, 5.74) is 1.17. The molecular formula is C11H16BrClN2. The van der Waals surface area contributed by atoms with Gasteiger partial charge in [0.25, 0.3) is 0 Å². The van der Waals surface area contributed by atoms with E-state index < -0.39 is 0 Å². The van der Waals surface area contributed by atoms with E-state index in [2.05, 4.69) is 46.1 Å². The summed E-state index contributed by atoms with van der Waals surface area (Å²) in [6.45, 7) is 5.14. The number of hydrogen-bond acceptors (Lipinski definition) is 2. The van der Waals surface area contributed by atoms with Crippen LogP contribution in [0.25, 0.3) is 0 Å². The van der Waals surface area contributed by atoms with Gasteiger partial charge in [0, 0.05) is 35.3 Å². The molecular weight excluding hydrogens is 275 g/mol. The van der Waals surface area contributed by atoms with Crippen LogP contribution in [-0.4, -0.2) is 16.9 Å². The Morgan fingerprint density at radius 2 is 2.20 bits per heavy atom. The van der Waals surface area contributed by atoms with Crippen molar-refractivity contribution >= 4 is 27.5 Å². The highest BCUT2D eigenvalue weighted by Gasteiger charge is 2.10. The second kappa shape index (κ2) is 6.46. The van der Waals surface area contributed by atoms with Gasteiger partial charge < -0.3 is 5.32 Å². The molecule has 1 rings (SSSR count). The number of halogens is 2. The number of hydrogen-bond donors (Lipinski definition) is 1. The van der Waals surface area contributed by atoms with Gasteiger partial charge in [0.2, 0.25) is 0 Å². The van der Waals surface area contributed by atoms with Crippen LogP contribution in [-0.2, 0) is 6.54 Å². The molecule has 4 heteroatoms. The highest BCUT2D eigenvalue weighted by atomic mass is 79.9. The van der Waals surface area contributed by atoms with Gasteiger partial charge in [-0.25, -0.2) is 0 Å². The maximum absolute atomic E-state index is 5.87. The largest absolute Gasteiger partial charge is 0.308 e. The molecule has 1 unspecified atom stereocenters. The van der Waals surface area contributed by atoms with Crippen molar-refractivity contribution < 1.29 is 0 Å². The van der Waals surface area contributed by atoms with Crippen LogP contribution in [0.4, 0.5) is 0 Å². The Morgan fingerprint density at radius 1 is 1.47 bits per heavy atom. The second-order valence-electron chi connectivity index (χ2n) is 3.90. The average molecular weight is 292 g/mol. The van der Waals surface area contributed by atoms with Crippen molar-refractivity contribution in [2.45, 2.75) is 26.4 Å². The summed E-state index contributed by atoms with van der Waals surface area (Å²) in [4.78, 5) is 4.11. The minimum absolute atomic E-state index is 0.352. The molecule has 0 aliphatic heterocycles. The summed E-state index contributed by atoms with van der Waals surface area (Å²) < 4.78 is 1.01. The predicted octanol–water partition coefficient (Wildman–Crippen LogP) is 3.20. The van der Waals surface area contributed by atoms with E-state index >= 15 is 0 Å². The maximum atomic E-state index is 5.87. The molecule has 84 valence electrons.